The van der Waals surface area contributed by atoms with E-state index in [1.54, 1.807) is 0 Å². The molecular formula is C15H19NO. The summed E-state index contributed by atoms with van der Waals surface area (Å²) in [5, 5.41) is 8.69. The molecule has 90 valence electrons. The van der Waals surface area contributed by atoms with Gasteiger partial charge in [0.2, 0.25) is 0 Å². The second-order valence-corrected chi connectivity index (χ2v) is 4.83. The minimum atomic E-state index is 0.669. The summed E-state index contributed by atoms with van der Waals surface area (Å²) in [6.45, 7) is 1.56. The van der Waals surface area contributed by atoms with Crippen LogP contribution in [0.4, 0.5) is 0 Å². The van der Waals surface area contributed by atoms with E-state index in [1.807, 2.05) is 24.3 Å². The highest BCUT2D eigenvalue weighted by atomic mass is 16.5. The van der Waals surface area contributed by atoms with Crippen molar-refractivity contribution in [2.75, 3.05) is 6.61 Å². The maximum atomic E-state index is 8.69. The topological polar surface area (TPSA) is 33.0 Å². The van der Waals surface area contributed by atoms with Gasteiger partial charge in [-0.1, -0.05) is 31.4 Å². The Bertz CT molecular complexity index is 371. The molecule has 0 radical (unpaired) electrons. The Balaban J connectivity index is 1.72. The average Bonchev–Trinajstić information content (AvgIpc) is 2.41. The van der Waals surface area contributed by atoms with E-state index in [-0.39, 0.29) is 0 Å². The van der Waals surface area contributed by atoms with Gasteiger partial charge in [0.05, 0.1) is 18.2 Å². The maximum Gasteiger partial charge on any atom is 0.0991 e. The molecule has 1 fully saturated rings. The molecule has 0 N–H and O–H groups in total. The van der Waals surface area contributed by atoms with Crippen LogP contribution in [0.2, 0.25) is 0 Å². The Kier molecular flexibility index (Phi) is 4.58. The van der Waals surface area contributed by atoms with Crippen molar-refractivity contribution >= 4 is 0 Å². The van der Waals surface area contributed by atoms with E-state index in [0.717, 1.165) is 18.1 Å². The quantitative estimate of drug-likeness (QED) is 0.789. The summed E-state index contributed by atoms with van der Waals surface area (Å²) < 4.78 is 5.75. The van der Waals surface area contributed by atoms with E-state index in [1.165, 1.54) is 32.1 Å². The molecule has 0 bridgehead atoms. The van der Waals surface area contributed by atoms with Crippen LogP contribution in [-0.2, 0) is 11.3 Å². The predicted octanol–water partition coefficient (Wildman–Crippen LogP) is 3.66. The summed E-state index contributed by atoms with van der Waals surface area (Å²) in [7, 11) is 0. The predicted molar refractivity (Wildman–Crippen MR) is 67.4 cm³/mol. The van der Waals surface area contributed by atoms with Gasteiger partial charge < -0.3 is 4.74 Å². The second-order valence-electron chi connectivity index (χ2n) is 4.83. The van der Waals surface area contributed by atoms with Crippen LogP contribution in [0.25, 0.3) is 0 Å². The minimum absolute atomic E-state index is 0.669. The van der Waals surface area contributed by atoms with Crippen molar-refractivity contribution in [2.24, 2.45) is 5.92 Å². The van der Waals surface area contributed by atoms with Gasteiger partial charge in [-0.3, -0.25) is 0 Å². The van der Waals surface area contributed by atoms with Gasteiger partial charge in [-0.05, 0) is 36.5 Å². The van der Waals surface area contributed by atoms with Crippen LogP contribution in [0.1, 0.15) is 43.2 Å². The smallest absolute Gasteiger partial charge is 0.0991 e. The Morgan fingerprint density at radius 2 is 1.82 bits per heavy atom. The lowest BCUT2D eigenvalue weighted by atomic mass is 9.90. The molecule has 2 nitrogen and oxygen atoms in total. The van der Waals surface area contributed by atoms with E-state index in [4.69, 9.17) is 10.00 Å². The lowest BCUT2D eigenvalue weighted by molar-refractivity contribution is 0.0739. The summed E-state index contributed by atoms with van der Waals surface area (Å²) in [5.74, 6) is 0.766. The molecule has 1 aromatic rings. The van der Waals surface area contributed by atoms with Crippen molar-refractivity contribution in [1.82, 2.24) is 0 Å². The molecule has 0 aromatic heterocycles. The number of rotatable bonds is 4. The van der Waals surface area contributed by atoms with Gasteiger partial charge in [0.25, 0.3) is 0 Å². The molecule has 1 aliphatic carbocycles. The minimum Gasteiger partial charge on any atom is -0.376 e. The first-order chi connectivity index (χ1) is 8.38. The summed E-state index contributed by atoms with van der Waals surface area (Å²) >= 11 is 0. The maximum absolute atomic E-state index is 8.69. The highest BCUT2D eigenvalue weighted by Gasteiger charge is 2.13. The van der Waals surface area contributed by atoms with Crippen LogP contribution < -0.4 is 0 Å². The van der Waals surface area contributed by atoms with Crippen LogP contribution in [0.15, 0.2) is 24.3 Å². The lowest BCUT2D eigenvalue weighted by Crippen LogP contribution is -2.13. The van der Waals surface area contributed by atoms with Gasteiger partial charge in [0, 0.05) is 6.61 Å². The molecule has 0 unspecified atom stereocenters. The molecule has 2 heteroatoms. The highest BCUT2D eigenvalue weighted by Crippen LogP contribution is 2.23. The summed E-state index contributed by atoms with van der Waals surface area (Å²) in [6.07, 6.45) is 6.78. The zero-order chi connectivity index (χ0) is 11.9. The molecule has 0 heterocycles. The van der Waals surface area contributed by atoms with Gasteiger partial charge in [-0.25, -0.2) is 0 Å². The van der Waals surface area contributed by atoms with Gasteiger partial charge >= 0.3 is 0 Å². The number of hydrogen-bond acceptors (Lipinski definition) is 2. The number of hydrogen-bond donors (Lipinski definition) is 0. The van der Waals surface area contributed by atoms with Gasteiger partial charge in [-0.15, -0.1) is 0 Å². The third-order valence-electron chi connectivity index (χ3n) is 3.43. The number of benzene rings is 1. The Hall–Kier alpha value is -1.33. The monoisotopic (exact) mass is 229 g/mol. The van der Waals surface area contributed by atoms with Crippen LogP contribution in [-0.4, -0.2) is 6.61 Å². The first-order valence-corrected chi connectivity index (χ1v) is 6.45. The van der Waals surface area contributed by atoms with Crippen LogP contribution in [0, 0.1) is 17.2 Å². The van der Waals surface area contributed by atoms with E-state index in [0.29, 0.717) is 12.2 Å². The fraction of sp³-hybridized carbons (Fsp3) is 0.533. The van der Waals surface area contributed by atoms with Crippen molar-refractivity contribution in [2.45, 2.75) is 38.7 Å². The van der Waals surface area contributed by atoms with Crippen molar-refractivity contribution < 1.29 is 4.74 Å². The van der Waals surface area contributed by atoms with Crippen molar-refractivity contribution in [3.8, 4) is 6.07 Å². The fourth-order valence-corrected chi connectivity index (χ4v) is 2.37. The Morgan fingerprint density at radius 1 is 1.12 bits per heavy atom. The molecule has 0 saturated heterocycles. The molecular weight excluding hydrogens is 210 g/mol. The second kappa shape index (κ2) is 6.42. The zero-order valence-electron chi connectivity index (χ0n) is 10.2. The van der Waals surface area contributed by atoms with Gasteiger partial charge in [0.15, 0.2) is 0 Å². The fourth-order valence-electron chi connectivity index (χ4n) is 2.37. The molecule has 0 atom stereocenters. The van der Waals surface area contributed by atoms with Crippen LogP contribution in [0.5, 0.6) is 0 Å². The molecule has 2 rings (SSSR count). The van der Waals surface area contributed by atoms with Gasteiger partial charge in [0.1, 0.15) is 0 Å². The third-order valence-corrected chi connectivity index (χ3v) is 3.43. The van der Waals surface area contributed by atoms with E-state index in [9.17, 15) is 0 Å². The summed E-state index contributed by atoms with van der Waals surface area (Å²) in [4.78, 5) is 0. The summed E-state index contributed by atoms with van der Waals surface area (Å²) in [6, 6.07) is 9.76. The van der Waals surface area contributed by atoms with Gasteiger partial charge in [-0.2, -0.15) is 5.26 Å². The van der Waals surface area contributed by atoms with Crippen LogP contribution in [0.3, 0.4) is 0 Å². The normalized spacial score (nSPS) is 16.6. The standard InChI is InChI=1S/C15H19NO/c16-10-13-6-8-15(9-7-13)12-17-11-14-4-2-1-3-5-14/h6-9,14H,1-5,11-12H2. The first kappa shape index (κ1) is 12.1. The van der Waals surface area contributed by atoms with E-state index in [2.05, 4.69) is 6.07 Å². The lowest BCUT2D eigenvalue weighted by Gasteiger charge is -2.21. The third kappa shape index (κ3) is 3.87. The molecule has 0 amide bonds. The molecule has 0 spiro atoms. The van der Waals surface area contributed by atoms with Crippen molar-refractivity contribution in [1.29, 1.82) is 5.26 Å². The average molecular weight is 229 g/mol. The largest absolute Gasteiger partial charge is 0.376 e. The molecule has 17 heavy (non-hydrogen) atoms. The SMILES string of the molecule is N#Cc1ccc(COCC2CCCCC2)cc1. The Morgan fingerprint density at radius 3 is 2.47 bits per heavy atom. The molecule has 1 aliphatic rings. The van der Waals surface area contributed by atoms with Crippen LogP contribution >= 0.6 is 0 Å². The first-order valence-electron chi connectivity index (χ1n) is 6.45. The van der Waals surface area contributed by atoms with E-state index < -0.39 is 0 Å². The van der Waals surface area contributed by atoms with Crippen molar-refractivity contribution in [3.05, 3.63) is 35.4 Å². The zero-order valence-corrected chi connectivity index (χ0v) is 10.2. The highest BCUT2D eigenvalue weighted by molar-refractivity contribution is 5.31. The molecule has 1 saturated carbocycles. The summed E-state index contributed by atoms with van der Waals surface area (Å²) in [5.41, 5.74) is 1.86. The van der Waals surface area contributed by atoms with Crippen molar-refractivity contribution in [3.63, 3.8) is 0 Å². The Labute approximate surface area is 103 Å². The number of nitrogens with zero attached hydrogens (tertiary/aromatic N) is 1. The number of ether oxygens (including phenoxy) is 1. The number of nitriles is 1. The molecule has 0 aliphatic heterocycles. The molecule has 1 aromatic carbocycles. The van der Waals surface area contributed by atoms with E-state index >= 15 is 0 Å².